The second-order valence-electron chi connectivity index (χ2n) is 6.89. The maximum atomic E-state index is 6.31. The summed E-state index contributed by atoms with van der Waals surface area (Å²) in [5.41, 5.74) is 2.44. The number of rotatable bonds is 6. The molecule has 19 heavy (non-hydrogen) atoms. The summed E-state index contributed by atoms with van der Waals surface area (Å²) in [5, 5.41) is 1.53. The van der Waals surface area contributed by atoms with E-state index in [9.17, 15) is 0 Å². The minimum absolute atomic E-state index is 0.668. The highest BCUT2D eigenvalue weighted by atomic mass is 28.4. The second kappa shape index (κ2) is 6.08. The zero-order chi connectivity index (χ0) is 14.9. The van der Waals surface area contributed by atoms with Gasteiger partial charge >= 0.3 is 8.56 Å². The van der Waals surface area contributed by atoms with E-state index in [0.717, 1.165) is 13.0 Å². The molecular weight excluding hydrogens is 304 g/mol. The zero-order valence-electron chi connectivity index (χ0n) is 13.7. The Morgan fingerprint density at radius 3 is 2.21 bits per heavy atom. The normalized spacial score (nSPS) is 21.8. The van der Waals surface area contributed by atoms with E-state index in [1.807, 2.05) is 0 Å². The molecule has 1 aliphatic heterocycles. The Labute approximate surface area is 123 Å². The van der Waals surface area contributed by atoms with Crippen LogP contribution in [0.3, 0.4) is 0 Å². The van der Waals surface area contributed by atoms with Crippen molar-refractivity contribution >= 4 is 34.2 Å². The van der Waals surface area contributed by atoms with E-state index in [1.54, 1.807) is 0 Å². The Kier molecular flexibility index (Phi) is 5.61. The molecule has 0 saturated heterocycles. The quantitative estimate of drug-likeness (QED) is 0.692. The summed E-state index contributed by atoms with van der Waals surface area (Å²) >= 11 is 0. The maximum Gasteiger partial charge on any atom is 0.321 e. The lowest BCUT2D eigenvalue weighted by Gasteiger charge is -2.27. The second-order valence-corrected chi connectivity index (χ2v) is 20.6. The summed E-state index contributed by atoms with van der Waals surface area (Å²) in [5.74, 6) is 0. The molecule has 0 aliphatic carbocycles. The monoisotopic (exact) mass is 333 g/mol. The summed E-state index contributed by atoms with van der Waals surface area (Å²) in [6, 6.07) is 0. The van der Waals surface area contributed by atoms with E-state index in [-0.39, 0.29) is 0 Å². The third-order valence-electron chi connectivity index (χ3n) is 3.08. The molecule has 1 radical (unpaired) electrons. The van der Waals surface area contributed by atoms with Crippen molar-refractivity contribution in [2.75, 3.05) is 6.61 Å². The molecule has 0 fully saturated rings. The minimum Gasteiger partial charge on any atom is -0.449 e. The summed E-state index contributed by atoms with van der Waals surface area (Å²) in [6.45, 7) is 18.6. The maximum absolute atomic E-state index is 6.31. The van der Waals surface area contributed by atoms with Crippen molar-refractivity contribution in [2.24, 2.45) is 0 Å². The van der Waals surface area contributed by atoms with Gasteiger partial charge in [-0.05, 0) is 58.8 Å². The molecule has 111 valence electrons. The van der Waals surface area contributed by atoms with E-state index >= 15 is 0 Å². The first-order chi connectivity index (χ1) is 8.44. The molecule has 0 amide bonds. The predicted octanol–water partition coefficient (Wildman–Crippen LogP) is 3.81. The van der Waals surface area contributed by atoms with Gasteiger partial charge in [-0.25, -0.2) is 0 Å². The van der Waals surface area contributed by atoms with E-state index < -0.39 is 34.2 Å². The fourth-order valence-corrected chi connectivity index (χ4v) is 17.6. The largest absolute Gasteiger partial charge is 0.449 e. The van der Waals surface area contributed by atoms with Gasteiger partial charge < -0.3 is 12.7 Å². The Balaban J connectivity index is 2.50. The van der Waals surface area contributed by atoms with E-state index in [4.69, 9.17) is 12.7 Å². The van der Waals surface area contributed by atoms with Crippen LogP contribution in [0.25, 0.3) is 0 Å². The molecule has 1 heterocycles. The van der Waals surface area contributed by atoms with Crippen LogP contribution < -0.4 is 0 Å². The zero-order valence-corrected chi connectivity index (χ0v) is 17.7. The highest BCUT2D eigenvalue weighted by molar-refractivity contribution is 6.95. The first kappa shape index (κ1) is 17.5. The van der Waals surface area contributed by atoms with Crippen LogP contribution in [0.15, 0.2) is 10.9 Å². The predicted molar refractivity (Wildman–Crippen MR) is 90.8 cm³/mol. The summed E-state index contributed by atoms with van der Waals surface area (Å²) in [6.07, 6.45) is 1.02. The van der Waals surface area contributed by atoms with Crippen molar-refractivity contribution in [3.05, 3.63) is 10.9 Å². The molecule has 1 aliphatic rings. The lowest BCUT2D eigenvalue weighted by Crippen LogP contribution is -2.40. The Morgan fingerprint density at radius 1 is 1.21 bits per heavy atom. The molecular formula is C12H29O3Si4. The van der Waals surface area contributed by atoms with Crippen molar-refractivity contribution in [3.63, 3.8) is 0 Å². The molecule has 1 rings (SSSR count). The van der Waals surface area contributed by atoms with E-state index in [1.165, 1.54) is 5.20 Å². The standard InChI is InChI=1S/C12H29O3Si4/c1-16(2)14-19(7,8)13-10-9-12-11-17(3,4)15-18(12,5)6/h11H,9-10H2,1-8H3. The molecule has 0 aromatic heterocycles. The molecule has 0 saturated carbocycles. The SMILES string of the molecule is C[Si](C)O[Si](C)(C)OCCC1=C[Si](C)(C)O[Si]1(C)C. The van der Waals surface area contributed by atoms with Gasteiger partial charge in [-0.2, -0.15) is 0 Å². The number of hydrogen-bond donors (Lipinski definition) is 0. The molecule has 0 bridgehead atoms. The van der Waals surface area contributed by atoms with Crippen molar-refractivity contribution in [1.29, 1.82) is 0 Å². The highest BCUT2D eigenvalue weighted by Crippen LogP contribution is 2.32. The van der Waals surface area contributed by atoms with Gasteiger partial charge in [0.05, 0.1) is 0 Å². The van der Waals surface area contributed by atoms with Gasteiger partial charge in [0.15, 0.2) is 17.4 Å². The van der Waals surface area contributed by atoms with Crippen LogP contribution in [0.1, 0.15) is 6.42 Å². The van der Waals surface area contributed by atoms with Gasteiger partial charge in [0, 0.05) is 6.61 Å². The van der Waals surface area contributed by atoms with Crippen LogP contribution in [0.4, 0.5) is 0 Å². The molecule has 0 aromatic rings. The molecule has 0 atom stereocenters. The van der Waals surface area contributed by atoms with Crippen LogP contribution in [0.5, 0.6) is 0 Å². The fourth-order valence-electron chi connectivity index (χ4n) is 2.65. The first-order valence-corrected chi connectivity index (χ1v) is 18.1. The average Bonchev–Trinajstić information content (AvgIpc) is 2.31. The Morgan fingerprint density at radius 2 is 1.79 bits per heavy atom. The van der Waals surface area contributed by atoms with Crippen molar-refractivity contribution in [3.8, 4) is 0 Å². The van der Waals surface area contributed by atoms with E-state index in [2.05, 4.69) is 58.1 Å². The van der Waals surface area contributed by atoms with Crippen LogP contribution in [-0.2, 0) is 12.7 Å². The minimum atomic E-state index is -1.92. The van der Waals surface area contributed by atoms with Gasteiger partial charge in [0.1, 0.15) is 0 Å². The smallest absolute Gasteiger partial charge is 0.321 e. The Bertz CT molecular complexity index is 351. The van der Waals surface area contributed by atoms with Crippen LogP contribution in [0, 0.1) is 0 Å². The summed E-state index contributed by atoms with van der Waals surface area (Å²) < 4.78 is 18.3. The molecule has 7 heteroatoms. The third kappa shape index (κ3) is 5.78. The van der Waals surface area contributed by atoms with Gasteiger partial charge in [0.2, 0.25) is 8.32 Å². The topological polar surface area (TPSA) is 27.7 Å². The van der Waals surface area contributed by atoms with Gasteiger partial charge in [-0.3, -0.25) is 0 Å². The molecule has 0 spiro atoms. The number of hydrogen-bond acceptors (Lipinski definition) is 3. The van der Waals surface area contributed by atoms with Crippen molar-refractivity contribution < 1.29 is 12.7 Å². The molecule has 0 unspecified atom stereocenters. The summed E-state index contributed by atoms with van der Waals surface area (Å²) in [7, 11) is -5.73. The Hall–Kier alpha value is 0.488. The fraction of sp³-hybridized carbons (Fsp3) is 0.833. The van der Waals surface area contributed by atoms with Crippen molar-refractivity contribution in [1.82, 2.24) is 0 Å². The lowest BCUT2D eigenvalue weighted by atomic mass is 10.4. The molecule has 3 nitrogen and oxygen atoms in total. The first-order valence-electron chi connectivity index (χ1n) is 6.99. The van der Waals surface area contributed by atoms with Crippen LogP contribution in [-0.4, -0.2) is 40.8 Å². The third-order valence-corrected chi connectivity index (χ3v) is 15.0. The highest BCUT2D eigenvalue weighted by Gasteiger charge is 2.41. The van der Waals surface area contributed by atoms with Crippen LogP contribution >= 0.6 is 0 Å². The molecule has 0 N–H and O–H groups in total. The van der Waals surface area contributed by atoms with Gasteiger partial charge in [-0.1, -0.05) is 10.9 Å². The van der Waals surface area contributed by atoms with Gasteiger partial charge in [0.25, 0.3) is 0 Å². The van der Waals surface area contributed by atoms with Gasteiger partial charge in [-0.15, -0.1) is 0 Å². The molecule has 0 aromatic carbocycles. The van der Waals surface area contributed by atoms with E-state index in [0.29, 0.717) is 0 Å². The van der Waals surface area contributed by atoms with Crippen LogP contribution in [0.2, 0.25) is 52.4 Å². The lowest BCUT2D eigenvalue weighted by molar-refractivity contribution is 0.253. The summed E-state index contributed by atoms with van der Waals surface area (Å²) in [4.78, 5) is 0. The van der Waals surface area contributed by atoms with Crippen molar-refractivity contribution in [2.45, 2.75) is 58.8 Å². The average molecular weight is 334 g/mol.